The summed E-state index contributed by atoms with van der Waals surface area (Å²) in [6, 6.07) is 13.7. The van der Waals surface area contributed by atoms with Crippen LogP contribution >= 0.6 is 11.3 Å². The molecule has 0 saturated carbocycles. The van der Waals surface area contributed by atoms with E-state index in [9.17, 15) is 4.79 Å². The number of anilines is 2. The lowest BCUT2D eigenvalue weighted by Crippen LogP contribution is -2.52. The monoisotopic (exact) mass is 353 g/mol. The highest BCUT2D eigenvalue weighted by atomic mass is 32.1. The number of carbonyl (C=O) groups is 1. The molecule has 1 aliphatic rings. The Labute approximate surface area is 150 Å². The number of methoxy groups -OCH3 is 1. The minimum atomic E-state index is 0.00107. The standard InChI is InChI=1S/C19H19N3O2S/c1-12-5-3-4-6-15(12)20-18(23)13-10-22(11-13)19-21-16-8-7-14(24-2)9-17(16)25-19/h3-9,13H,10-11H2,1-2H3,(H,20,23). The number of aryl methyl sites for hydroxylation is 1. The van der Waals surface area contributed by atoms with E-state index in [2.05, 4.69) is 15.2 Å². The molecule has 128 valence electrons. The third kappa shape index (κ3) is 3.05. The number of hydrogen-bond donors (Lipinski definition) is 1. The second-order valence-corrected chi connectivity index (χ2v) is 7.25. The molecule has 1 saturated heterocycles. The molecule has 25 heavy (non-hydrogen) atoms. The van der Waals surface area contributed by atoms with Gasteiger partial charge >= 0.3 is 0 Å². The Bertz CT molecular complexity index is 931. The van der Waals surface area contributed by atoms with Crippen molar-refractivity contribution in [2.24, 2.45) is 5.92 Å². The number of ether oxygens (including phenoxy) is 1. The summed E-state index contributed by atoms with van der Waals surface area (Å²) in [5.74, 6) is 0.913. The topological polar surface area (TPSA) is 54.5 Å². The quantitative estimate of drug-likeness (QED) is 0.777. The molecule has 0 aliphatic carbocycles. The van der Waals surface area contributed by atoms with Gasteiger partial charge in [0.25, 0.3) is 0 Å². The Morgan fingerprint density at radius 1 is 1.28 bits per heavy atom. The summed E-state index contributed by atoms with van der Waals surface area (Å²) in [7, 11) is 1.66. The third-order valence-corrected chi connectivity index (χ3v) is 5.59. The predicted octanol–water partition coefficient (Wildman–Crippen LogP) is 3.69. The first-order valence-corrected chi connectivity index (χ1v) is 9.02. The van der Waals surface area contributed by atoms with Crippen LogP contribution in [-0.4, -0.2) is 31.1 Å². The molecular formula is C19H19N3O2S. The number of fused-ring (bicyclic) bond motifs is 1. The molecule has 3 aromatic rings. The molecule has 5 nitrogen and oxygen atoms in total. The van der Waals surface area contributed by atoms with Gasteiger partial charge in [-0.2, -0.15) is 0 Å². The SMILES string of the molecule is COc1ccc2nc(N3CC(C(=O)Nc4ccccc4C)C3)sc2c1. The first-order chi connectivity index (χ1) is 12.1. The van der Waals surface area contributed by atoms with Crippen molar-refractivity contribution in [1.82, 2.24) is 4.98 Å². The molecular weight excluding hydrogens is 334 g/mol. The minimum absolute atomic E-state index is 0.00107. The number of nitrogens with one attached hydrogen (secondary N) is 1. The summed E-state index contributed by atoms with van der Waals surface area (Å²) in [5.41, 5.74) is 2.93. The molecule has 1 aliphatic heterocycles. The van der Waals surface area contributed by atoms with Gasteiger partial charge in [0.1, 0.15) is 5.75 Å². The predicted molar refractivity (Wildman–Crippen MR) is 102 cm³/mol. The van der Waals surface area contributed by atoms with Crippen molar-refractivity contribution in [3.05, 3.63) is 48.0 Å². The van der Waals surface area contributed by atoms with E-state index in [1.807, 2.05) is 49.4 Å². The van der Waals surface area contributed by atoms with Crippen LogP contribution in [-0.2, 0) is 4.79 Å². The van der Waals surface area contributed by atoms with Crippen LogP contribution in [0.2, 0.25) is 0 Å². The number of aromatic nitrogens is 1. The largest absolute Gasteiger partial charge is 0.497 e. The van der Waals surface area contributed by atoms with Crippen LogP contribution < -0.4 is 15.0 Å². The van der Waals surface area contributed by atoms with E-state index in [1.54, 1.807) is 18.4 Å². The fourth-order valence-electron chi connectivity index (χ4n) is 2.90. The van der Waals surface area contributed by atoms with Gasteiger partial charge in [0.2, 0.25) is 5.91 Å². The number of carbonyl (C=O) groups excluding carboxylic acids is 1. The summed E-state index contributed by atoms with van der Waals surface area (Å²) in [5, 5.41) is 3.99. The van der Waals surface area contributed by atoms with Gasteiger partial charge in [-0.25, -0.2) is 4.98 Å². The maximum atomic E-state index is 12.4. The van der Waals surface area contributed by atoms with E-state index in [0.717, 1.165) is 32.3 Å². The number of amides is 1. The average Bonchev–Trinajstić information content (AvgIpc) is 2.98. The zero-order valence-corrected chi connectivity index (χ0v) is 15.0. The molecule has 0 spiro atoms. The van der Waals surface area contributed by atoms with Gasteiger partial charge in [-0.15, -0.1) is 0 Å². The van der Waals surface area contributed by atoms with Crippen molar-refractivity contribution >= 4 is 38.3 Å². The van der Waals surface area contributed by atoms with Gasteiger partial charge in [-0.1, -0.05) is 29.5 Å². The highest BCUT2D eigenvalue weighted by molar-refractivity contribution is 7.22. The second kappa shape index (κ2) is 6.37. The van der Waals surface area contributed by atoms with E-state index in [4.69, 9.17) is 4.74 Å². The Balaban J connectivity index is 1.41. The maximum absolute atomic E-state index is 12.4. The summed E-state index contributed by atoms with van der Waals surface area (Å²) in [6.07, 6.45) is 0. The molecule has 0 radical (unpaired) electrons. The average molecular weight is 353 g/mol. The fraction of sp³-hybridized carbons (Fsp3) is 0.263. The van der Waals surface area contributed by atoms with Crippen molar-refractivity contribution in [2.45, 2.75) is 6.92 Å². The number of para-hydroxylation sites is 1. The highest BCUT2D eigenvalue weighted by Gasteiger charge is 2.34. The number of hydrogen-bond acceptors (Lipinski definition) is 5. The van der Waals surface area contributed by atoms with Gasteiger partial charge in [-0.3, -0.25) is 4.79 Å². The molecule has 4 rings (SSSR count). The van der Waals surface area contributed by atoms with Crippen molar-refractivity contribution < 1.29 is 9.53 Å². The Kier molecular flexibility index (Phi) is 4.05. The van der Waals surface area contributed by atoms with Crippen molar-refractivity contribution in [3.63, 3.8) is 0 Å². The smallest absolute Gasteiger partial charge is 0.231 e. The van der Waals surface area contributed by atoms with Crippen molar-refractivity contribution in [1.29, 1.82) is 0 Å². The Morgan fingerprint density at radius 2 is 2.08 bits per heavy atom. The highest BCUT2D eigenvalue weighted by Crippen LogP contribution is 2.34. The second-order valence-electron chi connectivity index (χ2n) is 6.24. The van der Waals surface area contributed by atoms with Gasteiger partial charge in [0, 0.05) is 18.8 Å². The van der Waals surface area contributed by atoms with E-state index in [0.29, 0.717) is 13.1 Å². The molecule has 1 fully saturated rings. The summed E-state index contributed by atoms with van der Waals surface area (Å²) < 4.78 is 6.36. The zero-order valence-electron chi connectivity index (χ0n) is 14.2. The van der Waals surface area contributed by atoms with Gasteiger partial charge in [0.15, 0.2) is 5.13 Å². The molecule has 1 amide bonds. The fourth-order valence-corrected chi connectivity index (χ4v) is 3.92. The molecule has 2 aromatic carbocycles. The van der Waals surface area contributed by atoms with Crippen LogP contribution in [0.1, 0.15) is 5.56 Å². The molecule has 1 aromatic heterocycles. The van der Waals surface area contributed by atoms with Gasteiger partial charge in [-0.05, 0) is 36.8 Å². The van der Waals surface area contributed by atoms with Crippen molar-refractivity contribution in [2.75, 3.05) is 30.4 Å². The van der Waals surface area contributed by atoms with E-state index in [1.165, 1.54) is 0 Å². The van der Waals surface area contributed by atoms with Gasteiger partial charge in [0.05, 0.1) is 23.2 Å². The Morgan fingerprint density at radius 3 is 2.84 bits per heavy atom. The number of rotatable bonds is 4. The third-order valence-electron chi connectivity index (χ3n) is 4.51. The van der Waals surface area contributed by atoms with Gasteiger partial charge < -0.3 is 15.0 Å². The lowest BCUT2D eigenvalue weighted by atomic mass is 10.00. The molecule has 6 heteroatoms. The van der Waals surface area contributed by atoms with Crippen molar-refractivity contribution in [3.8, 4) is 5.75 Å². The number of thiazole rings is 1. The lowest BCUT2D eigenvalue weighted by Gasteiger charge is -2.38. The van der Waals surface area contributed by atoms with E-state index < -0.39 is 0 Å². The minimum Gasteiger partial charge on any atom is -0.497 e. The molecule has 2 heterocycles. The van der Waals surface area contributed by atoms with Crippen LogP contribution in [0.5, 0.6) is 5.75 Å². The normalized spacial score (nSPS) is 14.4. The molecule has 0 atom stereocenters. The lowest BCUT2D eigenvalue weighted by molar-refractivity contribution is -0.120. The summed E-state index contributed by atoms with van der Waals surface area (Å²) in [6.45, 7) is 3.40. The van der Waals surface area contributed by atoms with Crippen LogP contribution in [0.3, 0.4) is 0 Å². The maximum Gasteiger partial charge on any atom is 0.231 e. The summed E-state index contributed by atoms with van der Waals surface area (Å²) in [4.78, 5) is 19.2. The van der Waals surface area contributed by atoms with Crippen LogP contribution in [0, 0.1) is 12.8 Å². The zero-order chi connectivity index (χ0) is 17.4. The Hall–Kier alpha value is -2.60. The van der Waals surface area contributed by atoms with E-state index in [-0.39, 0.29) is 11.8 Å². The molecule has 0 unspecified atom stereocenters. The van der Waals surface area contributed by atoms with Crippen LogP contribution in [0.25, 0.3) is 10.2 Å². The first kappa shape index (κ1) is 15.9. The number of nitrogens with zero attached hydrogens (tertiary/aromatic N) is 2. The van der Waals surface area contributed by atoms with Crippen LogP contribution in [0.4, 0.5) is 10.8 Å². The molecule has 0 bridgehead atoms. The molecule has 1 N–H and O–H groups in total. The first-order valence-electron chi connectivity index (χ1n) is 8.20. The van der Waals surface area contributed by atoms with E-state index >= 15 is 0 Å². The summed E-state index contributed by atoms with van der Waals surface area (Å²) >= 11 is 1.63. The van der Waals surface area contributed by atoms with Crippen LogP contribution in [0.15, 0.2) is 42.5 Å². The number of benzene rings is 2.